The summed E-state index contributed by atoms with van der Waals surface area (Å²) in [7, 11) is -4.40. The fourth-order valence-corrected chi connectivity index (χ4v) is 0.745. The molecule has 0 rings (SSSR count). The summed E-state index contributed by atoms with van der Waals surface area (Å²) in [6.07, 6.45) is -1.06. The first-order chi connectivity index (χ1) is 5.02. The number of aliphatic hydroxyl groups is 1. The highest BCUT2D eigenvalue weighted by Crippen LogP contribution is 2.41. The van der Waals surface area contributed by atoms with Crippen molar-refractivity contribution in [3.63, 3.8) is 0 Å². The molecule has 2 atom stereocenters. The van der Waals surface area contributed by atoms with E-state index in [0.717, 1.165) is 0 Å². The highest BCUT2D eigenvalue weighted by molar-refractivity contribution is 7.47. The van der Waals surface area contributed by atoms with Gasteiger partial charge in [-0.05, 0) is 0 Å². The predicted molar refractivity (Wildman–Crippen MR) is 36.2 cm³/mol. The summed E-state index contributed by atoms with van der Waals surface area (Å²) < 4.78 is 17.4. The Labute approximate surface area is 67.9 Å². The van der Waals surface area contributed by atoms with E-state index in [4.69, 9.17) is 26.9 Å². The van der Waals surface area contributed by atoms with Crippen LogP contribution in [-0.2, 0) is 13.8 Å². The second-order valence-corrected chi connectivity index (χ2v) is 3.32. The van der Waals surface area contributed by atoms with Crippen LogP contribution in [-0.4, -0.2) is 33.8 Å². The van der Waals surface area contributed by atoms with Crippen LogP contribution in [0.4, 0.5) is 0 Å². The van der Waals surface area contributed by atoms with Crippen molar-refractivity contribution in [3.8, 4) is 0 Å². The van der Waals surface area contributed by atoms with Gasteiger partial charge in [0.2, 0.25) is 0 Å². The number of alkyl halides is 1. The minimum atomic E-state index is -4.40. The molecule has 6 nitrogen and oxygen atoms in total. The smallest absolute Gasteiger partial charge is 0.389 e. The van der Waals surface area contributed by atoms with Gasteiger partial charge in [-0.3, -0.25) is 4.52 Å². The summed E-state index contributed by atoms with van der Waals surface area (Å²) in [5.41, 5.74) is 0. The summed E-state index contributed by atoms with van der Waals surface area (Å²) in [6.45, 7) is -0.474. The lowest BCUT2D eigenvalue weighted by Gasteiger charge is -2.09. The lowest BCUT2D eigenvalue weighted by atomic mass is 10.4. The van der Waals surface area contributed by atoms with E-state index in [0.29, 0.717) is 0 Å². The number of aliphatic hydroxyl groups excluding tert-OH is 1. The van der Waals surface area contributed by atoms with Gasteiger partial charge < -0.3 is 10.00 Å². The maximum absolute atomic E-state index is 10.3. The Morgan fingerprint density at radius 2 is 2.18 bits per heavy atom. The highest BCUT2D eigenvalue weighted by Gasteiger charge is 2.21. The topological polar surface area (TPSA) is 96.2 Å². The average Bonchev–Trinajstić information content (AvgIpc) is 2.00. The lowest BCUT2D eigenvalue weighted by molar-refractivity contribution is -0.163. The second kappa shape index (κ2) is 5.05. The largest absolute Gasteiger partial charge is 0.499 e. The molecule has 0 radical (unpaired) electrons. The zero-order chi connectivity index (χ0) is 8.91. The van der Waals surface area contributed by atoms with Crippen molar-refractivity contribution in [3.05, 3.63) is 0 Å². The van der Waals surface area contributed by atoms with Crippen LogP contribution in [0, 0.1) is 0 Å². The van der Waals surface area contributed by atoms with Crippen LogP contribution in [0.15, 0.2) is 0 Å². The molecule has 68 valence electrons. The number of rotatable bonds is 5. The number of hydrogen-bond donors (Lipinski definition) is 3. The minimum absolute atomic E-state index is 0.134. The van der Waals surface area contributed by atoms with E-state index in [2.05, 4.69) is 9.20 Å². The third kappa shape index (κ3) is 5.57. The normalized spacial score (nSPS) is 19.3. The van der Waals surface area contributed by atoms with Crippen LogP contribution in [0.1, 0.15) is 0 Å². The molecule has 0 aliphatic heterocycles. The monoisotopic (exact) mass is 206 g/mol. The fourth-order valence-electron chi connectivity index (χ4n) is 0.248. The zero-order valence-electron chi connectivity index (χ0n) is 5.38. The molecule has 2 unspecified atom stereocenters. The van der Waals surface area contributed by atoms with E-state index in [1.54, 1.807) is 0 Å². The van der Waals surface area contributed by atoms with Crippen molar-refractivity contribution >= 4 is 19.4 Å². The molecule has 8 heteroatoms. The van der Waals surface area contributed by atoms with Crippen molar-refractivity contribution in [2.24, 2.45) is 0 Å². The standard InChI is InChI=1S/C3H8ClO6P/c4-1-3(5)2-9-11(7,8)10-6/h3,5-6H,1-2H2,(H,7,8). The van der Waals surface area contributed by atoms with Crippen molar-refractivity contribution in [1.82, 2.24) is 0 Å². The Kier molecular flexibility index (Phi) is 5.20. The molecule has 0 saturated carbocycles. The average molecular weight is 207 g/mol. The van der Waals surface area contributed by atoms with Gasteiger partial charge >= 0.3 is 7.82 Å². The molecule has 3 N–H and O–H groups in total. The molecule has 0 aliphatic carbocycles. The van der Waals surface area contributed by atoms with Gasteiger partial charge in [0, 0.05) is 0 Å². The quantitative estimate of drug-likeness (QED) is 0.257. The minimum Gasteiger partial charge on any atom is -0.389 e. The third-order valence-corrected chi connectivity index (χ3v) is 1.75. The molecule has 0 saturated heterocycles. The SMILES string of the molecule is O=P(O)(OO)OCC(O)CCl. The lowest BCUT2D eigenvalue weighted by Crippen LogP contribution is -2.15. The number of phosphoric ester groups is 1. The van der Waals surface area contributed by atoms with Gasteiger partial charge in [0.1, 0.15) is 0 Å². The number of hydrogen-bond acceptors (Lipinski definition) is 5. The maximum atomic E-state index is 10.3. The van der Waals surface area contributed by atoms with E-state index in [9.17, 15) is 4.57 Å². The van der Waals surface area contributed by atoms with Crippen molar-refractivity contribution in [2.45, 2.75) is 6.10 Å². The van der Waals surface area contributed by atoms with Crippen LogP contribution in [0.25, 0.3) is 0 Å². The number of phosphoric acid groups is 1. The molecule has 0 aromatic heterocycles. The van der Waals surface area contributed by atoms with E-state index < -0.39 is 20.5 Å². The van der Waals surface area contributed by atoms with E-state index in [-0.39, 0.29) is 5.88 Å². The predicted octanol–water partition coefficient (Wildman–Crippen LogP) is 0.193. The molecule has 0 heterocycles. The first-order valence-corrected chi connectivity index (χ1v) is 4.59. The van der Waals surface area contributed by atoms with Gasteiger partial charge in [0.15, 0.2) is 0 Å². The van der Waals surface area contributed by atoms with Crippen LogP contribution < -0.4 is 0 Å². The highest BCUT2D eigenvalue weighted by atomic mass is 35.5. The van der Waals surface area contributed by atoms with Crippen LogP contribution in [0.3, 0.4) is 0 Å². The Morgan fingerprint density at radius 1 is 1.64 bits per heavy atom. The summed E-state index contributed by atoms with van der Waals surface area (Å²) in [5, 5.41) is 16.4. The molecule has 0 aromatic rings. The van der Waals surface area contributed by atoms with Gasteiger partial charge in [-0.1, -0.05) is 0 Å². The van der Waals surface area contributed by atoms with Crippen LogP contribution >= 0.6 is 19.4 Å². The summed E-state index contributed by atoms with van der Waals surface area (Å²) >= 11 is 5.12. The maximum Gasteiger partial charge on any atom is 0.499 e. The zero-order valence-corrected chi connectivity index (χ0v) is 7.03. The first kappa shape index (κ1) is 11.3. The summed E-state index contributed by atoms with van der Waals surface area (Å²) in [6, 6.07) is 0. The van der Waals surface area contributed by atoms with Gasteiger partial charge in [-0.25, -0.2) is 9.82 Å². The van der Waals surface area contributed by atoms with Crippen molar-refractivity contribution in [1.29, 1.82) is 0 Å². The molecular formula is C3H8ClO6P. The molecule has 11 heavy (non-hydrogen) atoms. The molecule has 0 spiro atoms. The van der Waals surface area contributed by atoms with Gasteiger partial charge in [-0.2, -0.15) is 0 Å². The Balaban J connectivity index is 3.61. The molecule has 0 aliphatic rings. The third-order valence-electron chi connectivity index (χ3n) is 0.711. The molecule has 0 aromatic carbocycles. The van der Waals surface area contributed by atoms with Crippen LogP contribution in [0.2, 0.25) is 0 Å². The molecular weight excluding hydrogens is 198 g/mol. The molecule has 0 fully saturated rings. The molecule has 0 amide bonds. The Hall–Kier alpha value is 0.320. The van der Waals surface area contributed by atoms with Crippen LogP contribution in [0.5, 0.6) is 0 Å². The Morgan fingerprint density at radius 3 is 2.55 bits per heavy atom. The van der Waals surface area contributed by atoms with E-state index >= 15 is 0 Å². The van der Waals surface area contributed by atoms with Crippen molar-refractivity contribution < 1.29 is 29.0 Å². The van der Waals surface area contributed by atoms with Gasteiger partial charge in [0.25, 0.3) is 0 Å². The van der Waals surface area contributed by atoms with E-state index in [1.165, 1.54) is 0 Å². The Bertz CT molecular complexity index is 151. The van der Waals surface area contributed by atoms with E-state index in [1.807, 2.05) is 0 Å². The van der Waals surface area contributed by atoms with Gasteiger partial charge in [0.05, 0.1) is 18.6 Å². The summed E-state index contributed by atoms with van der Waals surface area (Å²) in [5.74, 6) is -0.134. The van der Waals surface area contributed by atoms with Gasteiger partial charge in [-0.15, -0.1) is 16.3 Å². The fraction of sp³-hybridized carbons (Fsp3) is 1.00. The first-order valence-electron chi connectivity index (χ1n) is 2.56. The number of halogens is 1. The van der Waals surface area contributed by atoms with Crippen molar-refractivity contribution in [2.75, 3.05) is 12.5 Å². The summed E-state index contributed by atoms with van der Waals surface area (Å²) in [4.78, 5) is 8.37. The second-order valence-electron chi connectivity index (χ2n) is 1.65. The molecule has 0 bridgehead atoms.